The van der Waals surface area contributed by atoms with E-state index in [1.165, 1.54) is 10.4 Å². The van der Waals surface area contributed by atoms with Gasteiger partial charge in [0, 0.05) is 24.8 Å². The molecule has 1 aliphatic heterocycles. The van der Waals surface area contributed by atoms with Crippen LogP contribution < -0.4 is 16.4 Å². The minimum atomic E-state index is -3.70. The number of aromatic nitrogens is 1. The van der Waals surface area contributed by atoms with Gasteiger partial charge in [0.2, 0.25) is 15.9 Å². The molecule has 0 bridgehead atoms. The molecule has 0 unspecified atom stereocenters. The van der Waals surface area contributed by atoms with Crippen LogP contribution in [0.3, 0.4) is 0 Å². The van der Waals surface area contributed by atoms with Gasteiger partial charge in [0.05, 0.1) is 12.2 Å². The van der Waals surface area contributed by atoms with Gasteiger partial charge in [-0.15, -0.1) is 0 Å². The zero-order valence-electron chi connectivity index (χ0n) is 15.2. The Morgan fingerprint density at radius 1 is 1.42 bits per heavy atom. The summed E-state index contributed by atoms with van der Waals surface area (Å²) >= 11 is 0. The maximum absolute atomic E-state index is 12.7. The van der Waals surface area contributed by atoms with Crippen molar-refractivity contribution in [1.82, 2.24) is 19.9 Å². The van der Waals surface area contributed by atoms with Gasteiger partial charge in [-0.1, -0.05) is 0 Å². The lowest BCUT2D eigenvalue weighted by atomic mass is 10.3. The second-order valence-corrected chi connectivity index (χ2v) is 8.51. The molecular weight excluding hydrogens is 358 g/mol. The van der Waals surface area contributed by atoms with E-state index < -0.39 is 15.9 Å². The van der Waals surface area contributed by atoms with Crippen molar-refractivity contribution in [1.29, 1.82) is 0 Å². The molecule has 26 heavy (non-hydrogen) atoms. The van der Waals surface area contributed by atoms with Crippen molar-refractivity contribution >= 4 is 27.5 Å². The SMILES string of the molecule is CC(C)NC(=O)CNC(=O)c1ncc(S(=O)(=O)N2CCC[C@@H]2C)cc1N. The molecule has 4 N–H and O–H groups in total. The molecule has 10 heteroatoms. The number of nitrogens with one attached hydrogen (secondary N) is 2. The van der Waals surface area contributed by atoms with Gasteiger partial charge in [-0.25, -0.2) is 13.4 Å². The summed E-state index contributed by atoms with van der Waals surface area (Å²) in [4.78, 5) is 27.6. The topological polar surface area (TPSA) is 134 Å². The number of nitrogens with zero attached hydrogens (tertiary/aromatic N) is 2. The van der Waals surface area contributed by atoms with Crippen molar-refractivity contribution in [3.63, 3.8) is 0 Å². The third kappa shape index (κ3) is 4.50. The predicted molar refractivity (Wildman–Crippen MR) is 96.8 cm³/mol. The minimum Gasteiger partial charge on any atom is -0.397 e. The van der Waals surface area contributed by atoms with Gasteiger partial charge < -0.3 is 16.4 Å². The number of carbonyl (C=O) groups is 2. The lowest BCUT2D eigenvalue weighted by molar-refractivity contribution is -0.120. The van der Waals surface area contributed by atoms with Gasteiger partial charge in [0.1, 0.15) is 4.90 Å². The van der Waals surface area contributed by atoms with E-state index >= 15 is 0 Å². The smallest absolute Gasteiger partial charge is 0.272 e. The number of sulfonamides is 1. The normalized spacial score (nSPS) is 18.1. The summed E-state index contributed by atoms with van der Waals surface area (Å²) in [7, 11) is -3.70. The lowest BCUT2D eigenvalue weighted by Gasteiger charge is -2.21. The van der Waals surface area contributed by atoms with Gasteiger partial charge in [-0.3, -0.25) is 9.59 Å². The molecule has 1 aliphatic rings. The minimum absolute atomic E-state index is 0.0416. The molecule has 1 fully saturated rings. The Labute approximate surface area is 153 Å². The third-order valence-electron chi connectivity index (χ3n) is 4.06. The van der Waals surface area contributed by atoms with Gasteiger partial charge >= 0.3 is 0 Å². The molecule has 1 atom stereocenters. The number of carbonyl (C=O) groups excluding carboxylic acids is 2. The zero-order chi connectivity index (χ0) is 19.5. The Bertz CT molecular complexity index is 794. The first kappa shape index (κ1) is 20.1. The van der Waals surface area contributed by atoms with E-state index in [4.69, 9.17) is 5.73 Å². The first-order chi connectivity index (χ1) is 12.1. The first-order valence-electron chi connectivity index (χ1n) is 8.48. The molecule has 0 spiro atoms. The summed E-state index contributed by atoms with van der Waals surface area (Å²) in [5.41, 5.74) is 5.66. The number of rotatable bonds is 6. The van der Waals surface area contributed by atoms with Crippen LogP contribution in [0, 0.1) is 0 Å². The fourth-order valence-corrected chi connectivity index (χ4v) is 4.49. The molecule has 0 radical (unpaired) electrons. The summed E-state index contributed by atoms with van der Waals surface area (Å²) in [6, 6.07) is 1.11. The van der Waals surface area contributed by atoms with Crippen LogP contribution in [0.15, 0.2) is 17.2 Å². The van der Waals surface area contributed by atoms with Crippen LogP contribution in [-0.2, 0) is 14.8 Å². The molecule has 0 aliphatic carbocycles. The summed E-state index contributed by atoms with van der Waals surface area (Å²) in [6.07, 6.45) is 2.74. The van der Waals surface area contributed by atoms with Crippen LogP contribution in [0.25, 0.3) is 0 Å². The fraction of sp³-hybridized carbons (Fsp3) is 0.562. The van der Waals surface area contributed by atoms with Crippen molar-refractivity contribution in [3.05, 3.63) is 18.0 Å². The monoisotopic (exact) mass is 383 g/mol. The average molecular weight is 383 g/mol. The fourth-order valence-electron chi connectivity index (χ4n) is 2.81. The van der Waals surface area contributed by atoms with E-state index in [0.29, 0.717) is 6.54 Å². The van der Waals surface area contributed by atoms with Gasteiger partial charge in [-0.05, 0) is 39.7 Å². The molecule has 0 aromatic carbocycles. The summed E-state index contributed by atoms with van der Waals surface area (Å²) in [6.45, 7) is 5.70. The standard InChI is InChI=1S/C16H25N5O4S/c1-10(2)20-14(22)9-19-16(23)15-13(17)7-12(8-18-15)26(24,25)21-6-4-5-11(21)3/h7-8,10-11H,4-6,9,17H2,1-3H3,(H,19,23)(H,20,22)/t11-/m0/s1. The number of anilines is 1. The largest absolute Gasteiger partial charge is 0.397 e. The van der Waals surface area contributed by atoms with E-state index in [0.717, 1.165) is 19.0 Å². The second-order valence-electron chi connectivity index (χ2n) is 6.62. The van der Waals surface area contributed by atoms with Crippen molar-refractivity contribution in [3.8, 4) is 0 Å². The quantitative estimate of drug-likeness (QED) is 0.637. The highest BCUT2D eigenvalue weighted by Gasteiger charge is 2.33. The van der Waals surface area contributed by atoms with Gasteiger partial charge in [-0.2, -0.15) is 4.31 Å². The number of nitrogen functional groups attached to an aromatic ring is 1. The highest BCUT2D eigenvalue weighted by molar-refractivity contribution is 7.89. The number of hydrogen-bond donors (Lipinski definition) is 3. The molecule has 1 aromatic rings. The molecule has 1 aromatic heterocycles. The number of nitrogens with two attached hydrogens (primary N) is 1. The molecule has 2 rings (SSSR count). The maximum atomic E-state index is 12.7. The van der Waals surface area contributed by atoms with Crippen molar-refractivity contribution < 1.29 is 18.0 Å². The molecule has 0 saturated carbocycles. The molecular formula is C16H25N5O4S. The van der Waals surface area contributed by atoms with E-state index in [1.54, 1.807) is 13.8 Å². The number of amides is 2. The second kappa shape index (κ2) is 8.00. The van der Waals surface area contributed by atoms with Gasteiger partial charge in [0.25, 0.3) is 5.91 Å². The molecule has 9 nitrogen and oxygen atoms in total. The Hall–Kier alpha value is -2.20. The summed E-state index contributed by atoms with van der Waals surface area (Å²) in [5, 5.41) is 5.05. The predicted octanol–water partition coefficient (Wildman–Crippen LogP) is 0.0912. The van der Waals surface area contributed by atoms with E-state index in [1.807, 2.05) is 6.92 Å². The Kier molecular flexibility index (Phi) is 6.19. The van der Waals surface area contributed by atoms with Crippen LogP contribution in [-0.4, -0.2) is 54.7 Å². The van der Waals surface area contributed by atoms with Crippen LogP contribution in [0.2, 0.25) is 0 Å². The van der Waals surface area contributed by atoms with E-state index in [2.05, 4.69) is 15.6 Å². The van der Waals surface area contributed by atoms with Crippen molar-refractivity contribution in [2.75, 3.05) is 18.8 Å². The van der Waals surface area contributed by atoms with Crippen LogP contribution >= 0.6 is 0 Å². The highest BCUT2D eigenvalue weighted by atomic mass is 32.2. The van der Waals surface area contributed by atoms with E-state index in [9.17, 15) is 18.0 Å². The Morgan fingerprint density at radius 3 is 2.65 bits per heavy atom. The number of hydrogen-bond acceptors (Lipinski definition) is 6. The molecule has 144 valence electrons. The van der Waals surface area contributed by atoms with Crippen molar-refractivity contribution in [2.45, 2.75) is 50.6 Å². The average Bonchev–Trinajstić information content (AvgIpc) is 2.98. The molecule has 2 amide bonds. The maximum Gasteiger partial charge on any atom is 0.272 e. The molecule has 1 saturated heterocycles. The van der Waals surface area contributed by atoms with E-state index in [-0.39, 0.29) is 40.8 Å². The Balaban J connectivity index is 2.11. The van der Waals surface area contributed by atoms with Crippen LogP contribution in [0.4, 0.5) is 5.69 Å². The third-order valence-corrected chi connectivity index (χ3v) is 6.04. The lowest BCUT2D eigenvalue weighted by Crippen LogP contribution is -2.40. The zero-order valence-corrected chi connectivity index (χ0v) is 16.0. The Morgan fingerprint density at radius 2 is 2.12 bits per heavy atom. The first-order valence-corrected chi connectivity index (χ1v) is 9.92. The van der Waals surface area contributed by atoms with Crippen LogP contribution in [0.1, 0.15) is 44.1 Å². The summed E-state index contributed by atoms with van der Waals surface area (Å²) < 4.78 is 26.8. The highest BCUT2D eigenvalue weighted by Crippen LogP contribution is 2.26. The number of pyridine rings is 1. The van der Waals surface area contributed by atoms with Crippen LogP contribution in [0.5, 0.6) is 0 Å². The van der Waals surface area contributed by atoms with Crippen molar-refractivity contribution in [2.24, 2.45) is 0 Å². The summed E-state index contributed by atoms with van der Waals surface area (Å²) in [5.74, 6) is -0.978. The molecule has 2 heterocycles. The van der Waals surface area contributed by atoms with Gasteiger partial charge in [0.15, 0.2) is 5.69 Å².